The Morgan fingerprint density at radius 1 is 1.44 bits per heavy atom. The number of likely N-dealkylation sites (N-methyl/N-ethyl adjacent to an activating group) is 1. The highest BCUT2D eigenvalue weighted by atomic mass is 35.5. The summed E-state index contributed by atoms with van der Waals surface area (Å²) in [5, 5.41) is 3.06. The summed E-state index contributed by atoms with van der Waals surface area (Å²) in [5.41, 5.74) is 1.31. The van der Waals surface area contributed by atoms with E-state index in [0.29, 0.717) is 30.4 Å². The molecule has 2 aliphatic heterocycles. The van der Waals surface area contributed by atoms with Crippen molar-refractivity contribution in [2.45, 2.75) is 13.0 Å². The van der Waals surface area contributed by atoms with Crippen LogP contribution >= 0.6 is 11.6 Å². The van der Waals surface area contributed by atoms with Crippen molar-refractivity contribution in [1.82, 2.24) is 9.97 Å². The summed E-state index contributed by atoms with van der Waals surface area (Å²) in [7, 11) is 1.90. The van der Waals surface area contributed by atoms with Crippen molar-refractivity contribution in [1.29, 1.82) is 0 Å². The van der Waals surface area contributed by atoms with Gasteiger partial charge in [0.05, 0.1) is 30.9 Å². The van der Waals surface area contributed by atoms with Gasteiger partial charge < -0.3 is 15.0 Å². The first kappa shape index (κ1) is 11.7. The normalized spacial score (nSPS) is 26.4. The fourth-order valence-electron chi connectivity index (χ4n) is 2.47. The Hall–Kier alpha value is -1.40. The molecule has 3 heterocycles. The number of amides is 1. The molecular formula is C11H13ClN4O2. The molecule has 3 rings (SSSR count). The number of fused-ring (bicyclic) bond motifs is 2. The third kappa shape index (κ3) is 1.64. The van der Waals surface area contributed by atoms with Gasteiger partial charge in [0.2, 0.25) is 11.2 Å². The maximum absolute atomic E-state index is 12.1. The van der Waals surface area contributed by atoms with E-state index in [0.717, 1.165) is 0 Å². The van der Waals surface area contributed by atoms with Crippen LogP contribution in [0.5, 0.6) is 0 Å². The Morgan fingerprint density at radius 2 is 2.22 bits per heavy atom. The van der Waals surface area contributed by atoms with Crippen molar-refractivity contribution in [3.8, 4) is 0 Å². The van der Waals surface area contributed by atoms with E-state index in [2.05, 4.69) is 15.3 Å². The number of nitrogens with one attached hydrogen (secondary N) is 1. The van der Waals surface area contributed by atoms with Crippen LogP contribution in [0.3, 0.4) is 0 Å². The van der Waals surface area contributed by atoms with Crippen molar-refractivity contribution in [2.75, 3.05) is 30.5 Å². The Kier molecular flexibility index (Phi) is 2.64. The number of aromatic nitrogens is 2. The molecule has 2 unspecified atom stereocenters. The largest absolute Gasteiger partial charge is 0.378 e. The predicted molar refractivity (Wildman–Crippen MR) is 66.9 cm³/mol. The molecule has 2 aliphatic rings. The molecule has 2 atom stereocenters. The molecule has 6 nitrogen and oxygen atoms in total. The Labute approximate surface area is 109 Å². The molecule has 7 heteroatoms. The van der Waals surface area contributed by atoms with E-state index < -0.39 is 0 Å². The number of carbonyl (C=O) groups is 1. The molecule has 0 bridgehead atoms. The summed E-state index contributed by atoms with van der Waals surface area (Å²) in [6, 6.07) is -0.00313. The lowest BCUT2D eigenvalue weighted by Gasteiger charge is -2.25. The van der Waals surface area contributed by atoms with Gasteiger partial charge in [0.15, 0.2) is 5.82 Å². The van der Waals surface area contributed by atoms with Crippen LogP contribution in [0.2, 0.25) is 5.28 Å². The smallest absolute Gasteiger partial charge is 0.232 e. The number of carbonyl (C=O) groups excluding carboxylic acids is 1. The zero-order valence-electron chi connectivity index (χ0n) is 10.1. The maximum atomic E-state index is 12.1. The monoisotopic (exact) mass is 268 g/mol. The molecule has 1 N–H and O–H groups in total. The van der Waals surface area contributed by atoms with Crippen LogP contribution in [-0.2, 0) is 9.53 Å². The third-order valence-electron chi connectivity index (χ3n) is 3.51. The molecule has 0 saturated carbocycles. The zero-order valence-corrected chi connectivity index (χ0v) is 10.9. The van der Waals surface area contributed by atoms with Gasteiger partial charge in [-0.2, -0.15) is 4.98 Å². The molecule has 0 spiro atoms. The summed E-state index contributed by atoms with van der Waals surface area (Å²) in [6.45, 7) is 2.77. The Bertz CT molecular complexity index is 522. The Morgan fingerprint density at radius 3 is 3.00 bits per heavy atom. The highest BCUT2D eigenvalue weighted by molar-refractivity contribution is 6.28. The molecule has 0 aliphatic carbocycles. The first-order chi connectivity index (χ1) is 8.58. The number of aryl methyl sites for hydroxylation is 1. The second kappa shape index (κ2) is 4.07. The molecule has 0 aromatic carbocycles. The summed E-state index contributed by atoms with van der Waals surface area (Å²) >= 11 is 5.89. The van der Waals surface area contributed by atoms with E-state index in [-0.39, 0.29) is 23.2 Å². The van der Waals surface area contributed by atoms with Gasteiger partial charge in [-0.15, -0.1) is 0 Å². The van der Waals surface area contributed by atoms with Gasteiger partial charge in [-0.25, -0.2) is 4.98 Å². The van der Waals surface area contributed by atoms with Crippen molar-refractivity contribution in [3.63, 3.8) is 0 Å². The average molecular weight is 269 g/mol. The van der Waals surface area contributed by atoms with Crippen molar-refractivity contribution < 1.29 is 9.53 Å². The van der Waals surface area contributed by atoms with Gasteiger partial charge in [-0.3, -0.25) is 4.79 Å². The van der Waals surface area contributed by atoms with E-state index in [1.54, 1.807) is 6.92 Å². The van der Waals surface area contributed by atoms with Crippen LogP contribution in [0.15, 0.2) is 0 Å². The lowest BCUT2D eigenvalue weighted by atomic mass is 10.0. The van der Waals surface area contributed by atoms with Crippen LogP contribution in [0.25, 0.3) is 0 Å². The minimum atomic E-state index is -0.178. The molecular weight excluding hydrogens is 256 g/mol. The van der Waals surface area contributed by atoms with Crippen molar-refractivity contribution >= 4 is 29.0 Å². The van der Waals surface area contributed by atoms with Gasteiger partial charge in [-0.05, 0) is 18.5 Å². The summed E-state index contributed by atoms with van der Waals surface area (Å²) in [6.07, 6.45) is 0. The topological polar surface area (TPSA) is 67.3 Å². The van der Waals surface area contributed by atoms with Crippen molar-refractivity contribution in [3.05, 3.63) is 11.0 Å². The van der Waals surface area contributed by atoms with E-state index in [1.165, 1.54) is 0 Å². The molecule has 96 valence electrons. The highest BCUT2D eigenvalue weighted by Crippen LogP contribution is 2.35. The van der Waals surface area contributed by atoms with Gasteiger partial charge in [0.1, 0.15) is 5.69 Å². The fourth-order valence-corrected chi connectivity index (χ4v) is 2.68. The average Bonchev–Trinajstić information content (AvgIpc) is 2.76. The molecule has 1 saturated heterocycles. The van der Waals surface area contributed by atoms with Crippen molar-refractivity contribution in [2.24, 2.45) is 5.92 Å². The van der Waals surface area contributed by atoms with Gasteiger partial charge in [0, 0.05) is 7.05 Å². The second-order valence-corrected chi connectivity index (χ2v) is 4.93. The molecule has 0 radical (unpaired) electrons. The predicted octanol–water partition coefficient (Wildman–Crippen LogP) is 0.842. The van der Waals surface area contributed by atoms with Crippen LogP contribution < -0.4 is 10.2 Å². The zero-order chi connectivity index (χ0) is 12.9. The van der Waals surface area contributed by atoms with Crippen LogP contribution in [0.4, 0.5) is 11.5 Å². The maximum Gasteiger partial charge on any atom is 0.232 e. The summed E-state index contributed by atoms with van der Waals surface area (Å²) < 4.78 is 5.38. The number of nitrogens with zero attached hydrogens (tertiary/aromatic N) is 3. The number of halogens is 1. The quantitative estimate of drug-likeness (QED) is 0.707. The lowest BCUT2D eigenvalue weighted by Crippen LogP contribution is -2.40. The second-order valence-electron chi connectivity index (χ2n) is 4.59. The summed E-state index contributed by atoms with van der Waals surface area (Å²) in [4.78, 5) is 22.4. The molecule has 1 fully saturated rings. The van der Waals surface area contributed by atoms with Crippen LogP contribution in [0.1, 0.15) is 5.69 Å². The third-order valence-corrected chi connectivity index (χ3v) is 3.68. The standard InChI is InChI=1S/C11H13ClN4O2/c1-5-8-9(15-11(12)13-5)16(2)7-4-18-3-6(7)10(17)14-8/h6-7H,3-4H2,1-2H3,(H,14,17). The number of ether oxygens (including phenoxy) is 1. The lowest BCUT2D eigenvalue weighted by molar-refractivity contribution is -0.120. The van der Waals surface area contributed by atoms with Gasteiger partial charge in [0.25, 0.3) is 0 Å². The minimum absolute atomic E-state index is 0.00313. The number of rotatable bonds is 0. The van der Waals surface area contributed by atoms with Crippen LogP contribution in [0, 0.1) is 12.8 Å². The minimum Gasteiger partial charge on any atom is -0.378 e. The number of hydrogen-bond acceptors (Lipinski definition) is 5. The molecule has 18 heavy (non-hydrogen) atoms. The number of hydrogen-bond donors (Lipinski definition) is 1. The van der Waals surface area contributed by atoms with E-state index in [9.17, 15) is 4.79 Å². The van der Waals surface area contributed by atoms with Gasteiger partial charge in [-0.1, -0.05) is 0 Å². The molecule has 1 amide bonds. The van der Waals surface area contributed by atoms with E-state index in [4.69, 9.17) is 16.3 Å². The van der Waals surface area contributed by atoms with E-state index in [1.807, 2.05) is 11.9 Å². The Balaban J connectivity index is 2.14. The highest BCUT2D eigenvalue weighted by Gasteiger charge is 2.41. The molecule has 1 aromatic rings. The number of anilines is 2. The summed E-state index contributed by atoms with van der Waals surface area (Å²) in [5.74, 6) is 0.429. The first-order valence-corrected chi connectivity index (χ1v) is 6.11. The van der Waals surface area contributed by atoms with Gasteiger partial charge >= 0.3 is 0 Å². The molecule has 1 aromatic heterocycles. The SMILES string of the molecule is Cc1nc(Cl)nc2c1NC(=O)C1COCC1N2C. The fraction of sp³-hybridized carbons (Fsp3) is 0.545. The van der Waals surface area contributed by atoms with Crippen LogP contribution in [-0.4, -0.2) is 42.2 Å². The van der Waals surface area contributed by atoms with E-state index >= 15 is 0 Å². The first-order valence-electron chi connectivity index (χ1n) is 5.73.